The number of nitrogens with zero attached hydrogens (tertiary/aromatic N) is 5. The minimum absolute atomic E-state index is 0.0503. The summed E-state index contributed by atoms with van der Waals surface area (Å²) in [6.07, 6.45) is 9.91. The summed E-state index contributed by atoms with van der Waals surface area (Å²) in [6, 6.07) is 9.97. The van der Waals surface area contributed by atoms with Crippen molar-refractivity contribution in [2.45, 2.75) is 25.5 Å². The van der Waals surface area contributed by atoms with Crippen LogP contribution in [0.25, 0.3) is 0 Å². The third-order valence-electron chi connectivity index (χ3n) is 4.63. The van der Waals surface area contributed by atoms with Crippen molar-refractivity contribution in [2.24, 2.45) is 0 Å². The molecule has 4 rings (SSSR count). The van der Waals surface area contributed by atoms with Crippen LogP contribution in [0.2, 0.25) is 0 Å². The van der Waals surface area contributed by atoms with Gasteiger partial charge < -0.3 is 15.0 Å². The number of piperidine rings is 1. The zero-order chi connectivity index (χ0) is 19.2. The second-order valence-electron chi connectivity index (χ2n) is 6.69. The summed E-state index contributed by atoms with van der Waals surface area (Å²) in [6.45, 7) is 1.94. The van der Waals surface area contributed by atoms with E-state index in [-0.39, 0.29) is 12.1 Å². The SMILES string of the molecule is O=C(Nc1cnn(Cc2ccccc2)c1)N1CCC(Oc2cnccn2)CC1. The Hall–Kier alpha value is -3.42. The number of likely N-dealkylation sites (tertiary alicyclic amines) is 1. The van der Waals surface area contributed by atoms with Crippen LogP contribution in [0.5, 0.6) is 5.88 Å². The maximum absolute atomic E-state index is 12.5. The summed E-state index contributed by atoms with van der Waals surface area (Å²) in [4.78, 5) is 22.4. The molecule has 1 saturated heterocycles. The van der Waals surface area contributed by atoms with Gasteiger partial charge >= 0.3 is 6.03 Å². The molecule has 1 aliphatic rings. The Morgan fingerprint density at radius 3 is 2.71 bits per heavy atom. The van der Waals surface area contributed by atoms with Gasteiger partial charge in [-0.2, -0.15) is 5.10 Å². The van der Waals surface area contributed by atoms with E-state index >= 15 is 0 Å². The van der Waals surface area contributed by atoms with Crippen LogP contribution in [0.3, 0.4) is 0 Å². The first kappa shape index (κ1) is 18.0. The van der Waals surface area contributed by atoms with Crippen molar-refractivity contribution in [2.75, 3.05) is 18.4 Å². The lowest BCUT2D eigenvalue weighted by atomic mass is 10.1. The molecule has 1 aromatic carbocycles. The fraction of sp³-hybridized carbons (Fsp3) is 0.300. The van der Waals surface area contributed by atoms with Gasteiger partial charge in [-0.3, -0.25) is 9.67 Å². The van der Waals surface area contributed by atoms with Crippen molar-refractivity contribution in [1.29, 1.82) is 0 Å². The van der Waals surface area contributed by atoms with Crippen molar-refractivity contribution in [3.63, 3.8) is 0 Å². The Morgan fingerprint density at radius 1 is 1.14 bits per heavy atom. The van der Waals surface area contributed by atoms with Crippen LogP contribution >= 0.6 is 0 Å². The lowest BCUT2D eigenvalue weighted by molar-refractivity contribution is 0.111. The van der Waals surface area contributed by atoms with Gasteiger partial charge in [-0.15, -0.1) is 0 Å². The molecule has 8 nitrogen and oxygen atoms in total. The highest BCUT2D eigenvalue weighted by Crippen LogP contribution is 2.17. The van der Waals surface area contributed by atoms with Crippen molar-refractivity contribution >= 4 is 11.7 Å². The highest BCUT2D eigenvalue weighted by atomic mass is 16.5. The predicted molar refractivity (Wildman–Crippen MR) is 104 cm³/mol. The van der Waals surface area contributed by atoms with Gasteiger partial charge in [0, 0.05) is 44.5 Å². The number of aromatic nitrogens is 4. The Balaban J connectivity index is 1.26. The van der Waals surface area contributed by atoms with E-state index in [2.05, 4.69) is 20.4 Å². The number of ether oxygens (including phenoxy) is 1. The molecule has 3 aromatic rings. The van der Waals surface area contributed by atoms with E-state index in [4.69, 9.17) is 4.74 Å². The van der Waals surface area contributed by atoms with E-state index in [1.807, 2.05) is 41.2 Å². The molecule has 0 bridgehead atoms. The number of hydrogen-bond donors (Lipinski definition) is 1. The average molecular weight is 378 g/mol. The van der Waals surface area contributed by atoms with Gasteiger partial charge in [0.1, 0.15) is 6.10 Å². The molecule has 2 aromatic heterocycles. The van der Waals surface area contributed by atoms with Gasteiger partial charge in [-0.25, -0.2) is 9.78 Å². The van der Waals surface area contributed by atoms with E-state index in [1.165, 1.54) is 0 Å². The summed E-state index contributed by atoms with van der Waals surface area (Å²) < 4.78 is 7.63. The molecule has 0 aliphatic carbocycles. The number of carbonyl (C=O) groups excluding carboxylic acids is 1. The molecular weight excluding hydrogens is 356 g/mol. The van der Waals surface area contributed by atoms with Crippen LogP contribution in [-0.4, -0.2) is 49.9 Å². The molecule has 0 atom stereocenters. The summed E-state index contributed by atoms with van der Waals surface area (Å²) in [5, 5.41) is 7.24. The average Bonchev–Trinajstić information content (AvgIpc) is 3.17. The topological polar surface area (TPSA) is 85.2 Å². The second kappa shape index (κ2) is 8.51. The number of carbonyl (C=O) groups is 1. The molecule has 1 aliphatic heterocycles. The molecule has 2 amide bonds. The molecule has 144 valence electrons. The smallest absolute Gasteiger partial charge is 0.321 e. The highest BCUT2D eigenvalue weighted by Gasteiger charge is 2.24. The first-order chi connectivity index (χ1) is 13.8. The van der Waals surface area contributed by atoms with E-state index in [0.717, 1.165) is 18.4 Å². The number of amides is 2. The van der Waals surface area contributed by atoms with E-state index in [1.54, 1.807) is 29.7 Å². The molecule has 0 unspecified atom stereocenters. The van der Waals surface area contributed by atoms with Gasteiger partial charge in [0.2, 0.25) is 5.88 Å². The molecule has 1 N–H and O–H groups in total. The van der Waals surface area contributed by atoms with Crippen LogP contribution in [0.1, 0.15) is 18.4 Å². The largest absolute Gasteiger partial charge is 0.473 e. The van der Waals surface area contributed by atoms with Crippen molar-refractivity contribution in [3.8, 4) is 5.88 Å². The predicted octanol–water partition coefficient (Wildman–Crippen LogP) is 2.80. The van der Waals surface area contributed by atoms with Gasteiger partial charge in [0.05, 0.1) is 24.6 Å². The summed E-state index contributed by atoms with van der Waals surface area (Å²) in [5.74, 6) is 0.524. The molecule has 0 spiro atoms. The third kappa shape index (κ3) is 4.64. The molecule has 28 heavy (non-hydrogen) atoms. The Bertz CT molecular complexity index is 891. The summed E-state index contributed by atoms with van der Waals surface area (Å²) in [5.41, 5.74) is 1.85. The van der Waals surface area contributed by atoms with Crippen LogP contribution < -0.4 is 10.1 Å². The van der Waals surface area contributed by atoms with Gasteiger partial charge in [0.15, 0.2) is 0 Å². The number of anilines is 1. The first-order valence-electron chi connectivity index (χ1n) is 9.31. The minimum atomic E-state index is -0.114. The maximum atomic E-state index is 12.5. The third-order valence-corrected chi connectivity index (χ3v) is 4.63. The fourth-order valence-electron chi connectivity index (χ4n) is 3.18. The number of rotatable bonds is 5. The normalized spacial score (nSPS) is 14.6. The fourth-order valence-corrected chi connectivity index (χ4v) is 3.18. The molecule has 0 saturated carbocycles. The standard InChI is InChI=1S/C20H22N6O2/c27-20(24-17-12-23-26(15-17)14-16-4-2-1-3-5-16)25-10-6-18(7-11-25)28-19-13-21-8-9-22-19/h1-5,8-9,12-13,15,18H,6-7,10-11,14H2,(H,24,27). The molecule has 3 heterocycles. The molecule has 1 fully saturated rings. The van der Waals surface area contributed by atoms with Crippen LogP contribution in [0.15, 0.2) is 61.3 Å². The zero-order valence-electron chi connectivity index (χ0n) is 15.4. The van der Waals surface area contributed by atoms with E-state index < -0.39 is 0 Å². The minimum Gasteiger partial charge on any atom is -0.473 e. The van der Waals surface area contributed by atoms with Crippen LogP contribution in [0.4, 0.5) is 10.5 Å². The second-order valence-corrected chi connectivity index (χ2v) is 6.69. The van der Waals surface area contributed by atoms with Gasteiger partial charge in [0.25, 0.3) is 0 Å². The van der Waals surface area contributed by atoms with Crippen molar-refractivity contribution in [1.82, 2.24) is 24.6 Å². The van der Waals surface area contributed by atoms with Crippen LogP contribution in [0, 0.1) is 0 Å². The number of hydrogen-bond acceptors (Lipinski definition) is 5. The Morgan fingerprint density at radius 2 is 1.96 bits per heavy atom. The summed E-state index contributed by atoms with van der Waals surface area (Å²) >= 11 is 0. The maximum Gasteiger partial charge on any atom is 0.321 e. The van der Waals surface area contributed by atoms with E-state index in [0.29, 0.717) is 31.2 Å². The Labute approximate surface area is 163 Å². The number of urea groups is 1. The lowest BCUT2D eigenvalue weighted by Crippen LogP contribution is -2.43. The van der Waals surface area contributed by atoms with Crippen molar-refractivity contribution < 1.29 is 9.53 Å². The number of benzene rings is 1. The van der Waals surface area contributed by atoms with Crippen LogP contribution in [-0.2, 0) is 6.54 Å². The van der Waals surface area contributed by atoms with Gasteiger partial charge in [-0.05, 0) is 5.56 Å². The monoisotopic (exact) mass is 378 g/mol. The van der Waals surface area contributed by atoms with E-state index in [9.17, 15) is 4.79 Å². The molecule has 0 radical (unpaired) electrons. The van der Waals surface area contributed by atoms with Crippen molar-refractivity contribution in [3.05, 3.63) is 66.9 Å². The molecular formula is C20H22N6O2. The van der Waals surface area contributed by atoms with Gasteiger partial charge in [-0.1, -0.05) is 30.3 Å². The molecule has 8 heteroatoms. The Kier molecular flexibility index (Phi) is 5.46. The first-order valence-corrected chi connectivity index (χ1v) is 9.31. The lowest BCUT2D eigenvalue weighted by Gasteiger charge is -2.31. The summed E-state index contributed by atoms with van der Waals surface area (Å²) in [7, 11) is 0. The highest BCUT2D eigenvalue weighted by molar-refractivity contribution is 5.89. The quantitative estimate of drug-likeness (QED) is 0.738. The number of nitrogens with one attached hydrogen (secondary N) is 1. The zero-order valence-corrected chi connectivity index (χ0v) is 15.4.